The zero-order valence-corrected chi connectivity index (χ0v) is 18.0. The average Bonchev–Trinajstić information content (AvgIpc) is 2.79. The van der Waals surface area contributed by atoms with Gasteiger partial charge in [0, 0.05) is 20.6 Å². The summed E-state index contributed by atoms with van der Waals surface area (Å²) in [6.45, 7) is 0.381. The third-order valence-corrected chi connectivity index (χ3v) is 6.59. The van der Waals surface area contributed by atoms with Crippen molar-refractivity contribution >= 4 is 21.6 Å². The number of nitrogens with zero attached hydrogens (tertiary/aromatic N) is 2. The number of methoxy groups -OCH3 is 1. The number of carbonyl (C=O) groups is 1. The molecule has 0 aliphatic carbocycles. The van der Waals surface area contributed by atoms with E-state index in [1.807, 2.05) is 24.3 Å². The molecule has 3 aromatic carbocycles. The predicted molar refractivity (Wildman–Crippen MR) is 117 cm³/mol. The highest BCUT2D eigenvalue weighted by molar-refractivity contribution is 7.92. The maximum absolute atomic E-state index is 13.1. The Labute approximate surface area is 177 Å². The van der Waals surface area contributed by atoms with E-state index in [1.165, 1.54) is 19.2 Å². The van der Waals surface area contributed by atoms with Crippen LogP contribution in [0.2, 0.25) is 0 Å². The van der Waals surface area contributed by atoms with Gasteiger partial charge in [-0.15, -0.1) is 0 Å². The Kier molecular flexibility index (Phi) is 6.42. The van der Waals surface area contributed by atoms with E-state index in [1.54, 1.807) is 61.5 Å². The molecule has 0 atom stereocenters. The summed E-state index contributed by atoms with van der Waals surface area (Å²) in [4.78, 5) is 14.9. The zero-order chi connectivity index (χ0) is 21.7. The van der Waals surface area contributed by atoms with Crippen molar-refractivity contribution in [2.24, 2.45) is 0 Å². The summed E-state index contributed by atoms with van der Waals surface area (Å²) in [5.74, 6) is 0.474. The lowest BCUT2D eigenvalue weighted by Crippen LogP contribution is -2.31. The number of anilines is 1. The second-order valence-electron chi connectivity index (χ2n) is 6.81. The van der Waals surface area contributed by atoms with Gasteiger partial charge in [-0.1, -0.05) is 42.5 Å². The van der Waals surface area contributed by atoms with Gasteiger partial charge in [0.1, 0.15) is 5.75 Å². The molecule has 0 spiro atoms. The van der Waals surface area contributed by atoms with Crippen molar-refractivity contribution in [1.29, 1.82) is 0 Å². The van der Waals surface area contributed by atoms with Crippen LogP contribution in [0.1, 0.15) is 15.9 Å². The lowest BCUT2D eigenvalue weighted by atomic mass is 10.1. The SMILES string of the molecule is COc1ccc(CN(C)C(=O)c2ccccc2N(C)S(=O)(=O)c2ccccc2)cc1. The molecular weight excluding hydrogens is 400 g/mol. The molecule has 0 aliphatic heterocycles. The summed E-state index contributed by atoms with van der Waals surface area (Å²) in [6, 6.07) is 22.3. The molecule has 30 heavy (non-hydrogen) atoms. The molecule has 0 aromatic heterocycles. The first-order valence-corrected chi connectivity index (χ1v) is 10.8. The van der Waals surface area contributed by atoms with Crippen molar-refractivity contribution in [3.63, 3.8) is 0 Å². The Morgan fingerprint density at radius 1 is 0.867 bits per heavy atom. The van der Waals surface area contributed by atoms with E-state index in [-0.39, 0.29) is 10.8 Å². The van der Waals surface area contributed by atoms with E-state index in [0.717, 1.165) is 15.6 Å². The van der Waals surface area contributed by atoms with Crippen molar-refractivity contribution < 1.29 is 17.9 Å². The molecule has 0 heterocycles. The van der Waals surface area contributed by atoms with Crippen LogP contribution < -0.4 is 9.04 Å². The van der Waals surface area contributed by atoms with Crippen molar-refractivity contribution in [1.82, 2.24) is 4.90 Å². The van der Waals surface area contributed by atoms with E-state index in [0.29, 0.717) is 17.8 Å². The van der Waals surface area contributed by atoms with Gasteiger partial charge >= 0.3 is 0 Å². The van der Waals surface area contributed by atoms with Crippen LogP contribution in [0.4, 0.5) is 5.69 Å². The molecule has 0 bridgehead atoms. The van der Waals surface area contributed by atoms with Crippen LogP contribution in [-0.4, -0.2) is 40.4 Å². The second kappa shape index (κ2) is 9.00. The predicted octanol–water partition coefficient (Wildman–Crippen LogP) is 3.79. The standard InChI is InChI=1S/C23H24N2O4S/c1-24(17-18-13-15-19(29-3)16-14-18)23(26)21-11-7-8-12-22(21)25(2)30(27,28)20-9-5-4-6-10-20/h4-16H,17H2,1-3H3. The number of sulfonamides is 1. The summed E-state index contributed by atoms with van der Waals surface area (Å²) in [5.41, 5.74) is 1.58. The van der Waals surface area contributed by atoms with Crippen molar-refractivity contribution in [3.8, 4) is 5.75 Å². The molecule has 3 rings (SSSR count). The maximum Gasteiger partial charge on any atom is 0.264 e. The van der Waals surface area contributed by atoms with E-state index in [9.17, 15) is 13.2 Å². The van der Waals surface area contributed by atoms with Crippen LogP contribution >= 0.6 is 0 Å². The third kappa shape index (κ3) is 4.46. The minimum Gasteiger partial charge on any atom is -0.497 e. The highest BCUT2D eigenvalue weighted by Crippen LogP contribution is 2.27. The van der Waals surface area contributed by atoms with Crippen LogP contribution in [0.15, 0.2) is 83.8 Å². The topological polar surface area (TPSA) is 66.9 Å². The average molecular weight is 425 g/mol. The van der Waals surface area contributed by atoms with Gasteiger partial charge in [0.05, 0.1) is 23.3 Å². The van der Waals surface area contributed by atoms with Crippen molar-refractivity contribution in [3.05, 3.63) is 90.0 Å². The Morgan fingerprint density at radius 3 is 2.10 bits per heavy atom. The number of amides is 1. The third-order valence-electron chi connectivity index (χ3n) is 4.80. The molecule has 0 saturated heterocycles. The number of rotatable bonds is 7. The van der Waals surface area contributed by atoms with Gasteiger partial charge in [0.15, 0.2) is 0 Å². The smallest absolute Gasteiger partial charge is 0.264 e. The van der Waals surface area contributed by atoms with Gasteiger partial charge in [-0.25, -0.2) is 8.42 Å². The first-order valence-electron chi connectivity index (χ1n) is 9.36. The summed E-state index contributed by atoms with van der Waals surface area (Å²) in [7, 11) is 0.953. The maximum atomic E-state index is 13.1. The fourth-order valence-electron chi connectivity index (χ4n) is 3.09. The second-order valence-corrected chi connectivity index (χ2v) is 8.78. The molecule has 0 fully saturated rings. The summed E-state index contributed by atoms with van der Waals surface area (Å²) < 4.78 is 32.3. The van der Waals surface area contributed by atoms with Crippen LogP contribution in [0.5, 0.6) is 5.75 Å². The Bertz CT molecular complexity index is 1110. The number of benzene rings is 3. The van der Waals surface area contributed by atoms with Crippen LogP contribution in [0.25, 0.3) is 0 Å². The van der Waals surface area contributed by atoms with Gasteiger partial charge in [0.25, 0.3) is 15.9 Å². The first kappa shape index (κ1) is 21.4. The molecule has 0 radical (unpaired) electrons. The molecule has 7 heteroatoms. The fourth-order valence-corrected chi connectivity index (χ4v) is 4.33. The minimum atomic E-state index is -3.79. The van der Waals surface area contributed by atoms with E-state index >= 15 is 0 Å². The number of para-hydroxylation sites is 1. The molecular formula is C23H24N2O4S. The number of hydrogen-bond donors (Lipinski definition) is 0. The Morgan fingerprint density at radius 2 is 1.47 bits per heavy atom. The molecule has 1 amide bonds. The van der Waals surface area contributed by atoms with Gasteiger partial charge < -0.3 is 9.64 Å². The number of carbonyl (C=O) groups excluding carboxylic acids is 1. The highest BCUT2D eigenvalue weighted by atomic mass is 32.2. The zero-order valence-electron chi connectivity index (χ0n) is 17.1. The Hall–Kier alpha value is -3.32. The lowest BCUT2D eigenvalue weighted by Gasteiger charge is -2.24. The first-order chi connectivity index (χ1) is 14.3. The largest absolute Gasteiger partial charge is 0.497 e. The summed E-state index contributed by atoms with van der Waals surface area (Å²) in [5, 5.41) is 0. The van der Waals surface area contributed by atoms with E-state index in [2.05, 4.69) is 0 Å². The molecule has 6 nitrogen and oxygen atoms in total. The van der Waals surface area contributed by atoms with Gasteiger partial charge in [-0.05, 0) is 42.0 Å². The molecule has 0 unspecified atom stereocenters. The minimum absolute atomic E-state index is 0.168. The van der Waals surface area contributed by atoms with E-state index < -0.39 is 10.0 Å². The van der Waals surface area contributed by atoms with Crippen molar-refractivity contribution in [2.45, 2.75) is 11.4 Å². The van der Waals surface area contributed by atoms with Crippen LogP contribution in [0, 0.1) is 0 Å². The van der Waals surface area contributed by atoms with Crippen LogP contribution in [0.3, 0.4) is 0 Å². The summed E-state index contributed by atoms with van der Waals surface area (Å²) >= 11 is 0. The highest BCUT2D eigenvalue weighted by Gasteiger charge is 2.26. The molecule has 0 N–H and O–H groups in total. The Balaban J connectivity index is 1.87. The number of hydrogen-bond acceptors (Lipinski definition) is 4. The monoisotopic (exact) mass is 424 g/mol. The van der Waals surface area contributed by atoms with E-state index in [4.69, 9.17) is 4.74 Å². The lowest BCUT2D eigenvalue weighted by molar-refractivity contribution is 0.0786. The van der Waals surface area contributed by atoms with Crippen molar-refractivity contribution in [2.75, 3.05) is 25.5 Å². The van der Waals surface area contributed by atoms with Gasteiger partial charge in [-0.2, -0.15) is 0 Å². The fraction of sp³-hybridized carbons (Fsp3) is 0.174. The van der Waals surface area contributed by atoms with Gasteiger partial charge in [0.2, 0.25) is 0 Å². The molecule has 0 aliphatic rings. The molecule has 0 saturated carbocycles. The van der Waals surface area contributed by atoms with Gasteiger partial charge in [-0.3, -0.25) is 9.10 Å². The number of ether oxygens (including phenoxy) is 1. The molecule has 156 valence electrons. The quantitative estimate of drug-likeness (QED) is 0.579. The normalized spacial score (nSPS) is 11.0. The summed E-state index contributed by atoms with van der Waals surface area (Å²) in [6.07, 6.45) is 0. The molecule has 3 aromatic rings. The van der Waals surface area contributed by atoms with Crippen LogP contribution in [-0.2, 0) is 16.6 Å².